The molecule has 2 rings (SSSR count). The van der Waals surface area contributed by atoms with E-state index < -0.39 is 0 Å². The van der Waals surface area contributed by atoms with Crippen molar-refractivity contribution in [1.82, 2.24) is 11.0 Å². The van der Waals surface area contributed by atoms with Gasteiger partial charge in [0.15, 0.2) is 5.75 Å². The zero-order chi connectivity index (χ0) is 15.8. The summed E-state index contributed by atoms with van der Waals surface area (Å²) in [5, 5.41) is 0. The van der Waals surface area contributed by atoms with Crippen LogP contribution in [0.25, 0.3) is 0 Å². The molecule has 0 aliphatic heterocycles. The highest BCUT2D eigenvalue weighted by Gasteiger charge is 2.00. The molecule has 0 unspecified atom stereocenters. The summed E-state index contributed by atoms with van der Waals surface area (Å²) < 4.78 is 23.3. The summed E-state index contributed by atoms with van der Waals surface area (Å²) >= 11 is 0.910. The Kier molecular flexibility index (Phi) is 6.47. The van der Waals surface area contributed by atoms with Gasteiger partial charge in [-0.3, -0.25) is 4.18 Å². The number of hydrazine groups is 1. The van der Waals surface area contributed by atoms with Gasteiger partial charge in [0.2, 0.25) is 12.3 Å². The molecule has 0 radical (unpaired) electrons. The SMILES string of the molecule is COSOc1ccc(CNNOc2ccc(C)c(F)c2)cc1. The van der Waals surface area contributed by atoms with Crippen LogP contribution in [0.2, 0.25) is 0 Å². The van der Waals surface area contributed by atoms with Gasteiger partial charge >= 0.3 is 0 Å². The lowest BCUT2D eigenvalue weighted by Gasteiger charge is -2.09. The van der Waals surface area contributed by atoms with Crippen LogP contribution in [0.4, 0.5) is 4.39 Å². The number of aryl methyl sites for hydroxylation is 1. The van der Waals surface area contributed by atoms with Gasteiger partial charge in [0.1, 0.15) is 11.6 Å². The minimum Gasteiger partial charge on any atom is -0.400 e. The third-order valence-electron chi connectivity index (χ3n) is 2.80. The van der Waals surface area contributed by atoms with Crippen molar-refractivity contribution in [2.24, 2.45) is 0 Å². The predicted molar refractivity (Wildman–Crippen MR) is 83.4 cm³/mol. The zero-order valence-electron chi connectivity index (χ0n) is 12.3. The number of halogens is 1. The summed E-state index contributed by atoms with van der Waals surface area (Å²) in [5.41, 5.74) is 7.06. The molecule has 118 valence electrons. The van der Waals surface area contributed by atoms with E-state index in [1.54, 1.807) is 19.1 Å². The minimum atomic E-state index is -0.302. The number of rotatable bonds is 8. The molecule has 0 atom stereocenters. The standard InChI is InChI=1S/C15H17FN2O3S/c1-11-3-6-14(9-15(11)16)20-18-17-10-12-4-7-13(8-5-12)21-22-19-2/h3-9,17-18H,10H2,1-2H3. The molecule has 0 amide bonds. The van der Waals surface area contributed by atoms with E-state index in [2.05, 4.69) is 11.0 Å². The molecule has 2 aromatic carbocycles. The maximum absolute atomic E-state index is 13.3. The van der Waals surface area contributed by atoms with E-state index in [4.69, 9.17) is 13.2 Å². The Morgan fingerprint density at radius 1 is 1.09 bits per heavy atom. The Labute approximate surface area is 133 Å². The summed E-state index contributed by atoms with van der Waals surface area (Å²) in [6, 6.07) is 12.1. The largest absolute Gasteiger partial charge is 0.400 e. The Morgan fingerprint density at radius 2 is 1.82 bits per heavy atom. The molecule has 5 nitrogen and oxygen atoms in total. The van der Waals surface area contributed by atoms with Crippen molar-refractivity contribution >= 4 is 12.3 Å². The third kappa shape index (κ3) is 5.19. The molecule has 2 N–H and O–H groups in total. The van der Waals surface area contributed by atoms with Crippen LogP contribution in [0.15, 0.2) is 42.5 Å². The van der Waals surface area contributed by atoms with Gasteiger partial charge in [-0.15, -0.1) is 0 Å². The maximum Gasteiger partial charge on any atom is 0.225 e. The molecule has 0 heterocycles. The second-order valence-electron chi connectivity index (χ2n) is 4.43. The molecule has 0 bridgehead atoms. The second kappa shape index (κ2) is 8.60. The molecule has 22 heavy (non-hydrogen) atoms. The van der Waals surface area contributed by atoms with E-state index in [0.717, 1.165) is 17.9 Å². The Balaban J connectivity index is 1.73. The Hall–Kier alpha value is -1.80. The summed E-state index contributed by atoms with van der Waals surface area (Å²) in [7, 11) is 1.54. The summed E-state index contributed by atoms with van der Waals surface area (Å²) in [6.07, 6.45) is 0. The molecule has 0 spiro atoms. The van der Waals surface area contributed by atoms with Gasteiger partial charge in [-0.1, -0.05) is 23.8 Å². The molecule has 0 fully saturated rings. The quantitative estimate of drug-likeness (QED) is 0.441. The summed E-state index contributed by atoms with van der Waals surface area (Å²) in [5.74, 6) is 0.801. The van der Waals surface area contributed by atoms with Crippen molar-refractivity contribution < 1.29 is 17.6 Å². The first-order chi connectivity index (χ1) is 10.7. The fourth-order valence-corrected chi connectivity index (χ4v) is 1.86. The number of nitrogens with one attached hydrogen (secondary N) is 2. The predicted octanol–water partition coefficient (Wildman–Crippen LogP) is 3.31. The van der Waals surface area contributed by atoms with Crippen LogP contribution >= 0.6 is 12.3 Å². The van der Waals surface area contributed by atoms with Crippen LogP contribution < -0.4 is 20.0 Å². The first-order valence-electron chi connectivity index (χ1n) is 6.56. The van der Waals surface area contributed by atoms with Gasteiger partial charge in [-0.05, 0) is 36.2 Å². The molecule has 0 aromatic heterocycles. The molecule has 0 aliphatic carbocycles. The van der Waals surface area contributed by atoms with Crippen LogP contribution in [0.3, 0.4) is 0 Å². The van der Waals surface area contributed by atoms with E-state index >= 15 is 0 Å². The van der Waals surface area contributed by atoms with E-state index in [0.29, 0.717) is 23.6 Å². The van der Waals surface area contributed by atoms with Gasteiger partial charge in [-0.25, -0.2) is 9.82 Å². The fourth-order valence-electron chi connectivity index (χ4n) is 1.61. The van der Waals surface area contributed by atoms with E-state index in [9.17, 15) is 4.39 Å². The smallest absolute Gasteiger partial charge is 0.225 e. The molecule has 2 aromatic rings. The fraction of sp³-hybridized carbons (Fsp3) is 0.200. The van der Waals surface area contributed by atoms with Gasteiger partial charge in [0.05, 0.1) is 7.11 Å². The van der Waals surface area contributed by atoms with Crippen molar-refractivity contribution in [3.8, 4) is 11.5 Å². The molecular formula is C15H17FN2O3S. The molecular weight excluding hydrogens is 307 g/mol. The first kappa shape index (κ1) is 16.6. The van der Waals surface area contributed by atoms with Crippen molar-refractivity contribution in [3.05, 3.63) is 59.4 Å². The zero-order valence-corrected chi connectivity index (χ0v) is 13.1. The third-order valence-corrected chi connectivity index (χ3v) is 3.20. The minimum absolute atomic E-state index is 0.302. The highest BCUT2D eigenvalue weighted by atomic mass is 32.2. The lowest BCUT2D eigenvalue weighted by atomic mass is 10.2. The van der Waals surface area contributed by atoms with Crippen molar-refractivity contribution in [2.75, 3.05) is 7.11 Å². The topological polar surface area (TPSA) is 51.8 Å². The van der Waals surface area contributed by atoms with Crippen molar-refractivity contribution in [1.29, 1.82) is 0 Å². The Bertz CT molecular complexity index is 596. The highest BCUT2D eigenvalue weighted by Crippen LogP contribution is 2.17. The maximum atomic E-state index is 13.3. The van der Waals surface area contributed by atoms with Gasteiger partial charge in [0.25, 0.3) is 0 Å². The molecule has 0 aliphatic rings. The average molecular weight is 324 g/mol. The normalized spacial score (nSPS) is 10.5. The summed E-state index contributed by atoms with van der Waals surface area (Å²) in [6.45, 7) is 2.23. The number of benzene rings is 2. The average Bonchev–Trinajstić information content (AvgIpc) is 2.54. The van der Waals surface area contributed by atoms with Crippen LogP contribution in [0.5, 0.6) is 11.5 Å². The van der Waals surface area contributed by atoms with Gasteiger partial charge < -0.3 is 9.02 Å². The molecule has 7 heteroatoms. The van der Waals surface area contributed by atoms with Gasteiger partial charge in [0, 0.05) is 12.6 Å². The van der Waals surface area contributed by atoms with Crippen LogP contribution in [0.1, 0.15) is 11.1 Å². The second-order valence-corrected chi connectivity index (χ2v) is 5.07. The monoisotopic (exact) mass is 324 g/mol. The van der Waals surface area contributed by atoms with Crippen LogP contribution in [0, 0.1) is 12.7 Å². The van der Waals surface area contributed by atoms with E-state index in [1.165, 1.54) is 13.2 Å². The number of hydrogen-bond acceptors (Lipinski definition) is 6. The summed E-state index contributed by atoms with van der Waals surface area (Å²) in [4.78, 5) is 5.19. The Morgan fingerprint density at radius 3 is 2.50 bits per heavy atom. The van der Waals surface area contributed by atoms with E-state index in [-0.39, 0.29) is 5.82 Å². The van der Waals surface area contributed by atoms with Crippen molar-refractivity contribution in [2.45, 2.75) is 13.5 Å². The van der Waals surface area contributed by atoms with Gasteiger partial charge in [-0.2, -0.15) is 0 Å². The molecule has 0 saturated carbocycles. The van der Waals surface area contributed by atoms with E-state index in [1.807, 2.05) is 24.3 Å². The van der Waals surface area contributed by atoms with Crippen LogP contribution in [-0.4, -0.2) is 7.11 Å². The van der Waals surface area contributed by atoms with Crippen LogP contribution in [-0.2, 0) is 10.7 Å². The lowest BCUT2D eigenvalue weighted by molar-refractivity contribution is 0.146. The highest BCUT2D eigenvalue weighted by molar-refractivity contribution is 7.90. The van der Waals surface area contributed by atoms with Crippen molar-refractivity contribution in [3.63, 3.8) is 0 Å². The first-order valence-corrected chi connectivity index (χ1v) is 7.23. The lowest BCUT2D eigenvalue weighted by Crippen LogP contribution is -2.34. The molecule has 0 saturated heterocycles. The number of hydrogen-bond donors (Lipinski definition) is 2.